The fourth-order valence-corrected chi connectivity index (χ4v) is 1.31. The summed E-state index contributed by atoms with van der Waals surface area (Å²) in [6.45, 7) is 1.60. The Hall–Kier alpha value is -2.04. The van der Waals surface area contributed by atoms with Gasteiger partial charge in [0.1, 0.15) is 11.6 Å². The van der Waals surface area contributed by atoms with Crippen molar-refractivity contribution in [1.29, 1.82) is 0 Å². The zero-order valence-electron chi connectivity index (χ0n) is 7.99. The second kappa shape index (κ2) is 3.27. The van der Waals surface area contributed by atoms with Crippen molar-refractivity contribution < 1.29 is 14.0 Å². The summed E-state index contributed by atoms with van der Waals surface area (Å²) >= 11 is 0. The molecule has 3 N–H and O–H groups in total. The van der Waals surface area contributed by atoms with Gasteiger partial charge in [0.25, 0.3) is 0 Å². The molecule has 78 valence electrons. The van der Waals surface area contributed by atoms with Gasteiger partial charge in [0, 0.05) is 6.07 Å². The van der Waals surface area contributed by atoms with Gasteiger partial charge in [0.05, 0.1) is 5.56 Å². The van der Waals surface area contributed by atoms with Crippen LogP contribution in [0.5, 0.6) is 5.75 Å². The number of phenols is 1. The van der Waals surface area contributed by atoms with Gasteiger partial charge >= 0.3 is 0 Å². The maximum absolute atomic E-state index is 13.7. The summed E-state index contributed by atoms with van der Waals surface area (Å²) in [7, 11) is 0. The summed E-state index contributed by atoms with van der Waals surface area (Å²) in [5.41, 5.74) is 5.75. The number of hydrogen-bond acceptors (Lipinski definition) is 4. The van der Waals surface area contributed by atoms with E-state index in [-0.39, 0.29) is 22.9 Å². The second-order valence-corrected chi connectivity index (χ2v) is 3.21. The Morgan fingerprint density at radius 1 is 1.47 bits per heavy atom. The minimum atomic E-state index is -0.536. The number of aromatic hydroxyl groups is 1. The Bertz CT molecular complexity index is 508. The molecule has 0 fully saturated rings. The lowest BCUT2D eigenvalue weighted by molar-refractivity contribution is 0.424. The largest absolute Gasteiger partial charge is 0.507 e. The number of aryl methyl sites for hydroxylation is 1. The third-order valence-electron chi connectivity index (χ3n) is 2.09. The van der Waals surface area contributed by atoms with Crippen molar-refractivity contribution in [2.75, 3.05) is 5.73 Å². The molecule has 2 rings (SSSR count). The van der Waals surface area contributed by atoms with E-state index in [1.165, 1.54) is 18.2 Å². The minimum absolute atomic E-state index is 0.0146. The van der Waals surface area contributed by atoms with Crippen LogP contribution >= 0.6 is 0 Å². The Balaban J connectivity index is 2.66. The average molecular weight is 208 g/mol. The van der Waals surface area contributed by atoms with E-state index in [2.05, 4.69) is 5.16 Å². The van der Waals surface area contributed by atoms with Crippen LogP contribution in [0.2, 0.25) is 0 Å². The highest BCUT2D eigenvalue weighted by Gasteiger charge is 2.16. The van der Waals surface area contributed by atoms with Gasteiger partial charge in [0.2, 0.25) is 0 Å². The lowest BCUT2D eigenvalue weighted by Crippen LogP contribution is -1.88. The summed E-state index contributed by atoms with van der Waals surface area (Å²) in [6, 6.07) is 4.23. The predicted octanol–water partition coefficient (Wildman–Crippen LogP) is 2.08. The summed E-state index contributed by atoms with van der Waals surface area (Å²) < 4.78 is 18.5. The molecule has 0 saturated heterocycles. The van der Waals surface area contributed by atoms with Crippen molar-refractivity contribution >= 4 is 5.82 Å². The van der Waals surface area contributed by atoms with E-state index in [0.717, 1.165) is 0 Å². The number of halogens is 1. The number of rotatable bonds is 1. The van der Waals surface area contributed by atoms with E-state index in [1.807, 2.05) is 0 Å². The lowest BCUT2D eigenvalue weighted by Gasteiger charge is -2.04. The topological polar surface area (TPSA) is 72.3 Å². The monoisotopic (exact) mass is 208 g/mol. The van der Waals surface area contributed by atoms with Crippen molar-refractivity contribution in [3.8, 4) is 17.1 Å². The number of nitrogens with zero attached hydrogens (tertiary/aromatic N) is 1. The number of benzene rings is 1. The molecule has 0 radical (unpaired) electrons. The smallest absolute Gasteiger partial charge is 0.175 e. The Kier molecular flexibility index (Phi) is 2.07. The summed E-state index contributed by atoms with van der Waals surface area (Å²) in [5, 5.41) is 12.9. The van der Waals surface area contributed by atoms with Gasteiger partial charge in [-0.1, -0.05) is 11.2 Å². The maximum Gasteiger partial charge on any atom is 0.175 e. The van der Waals surface area contributed by atoms with Crippen molar-refractivity contribution in [1.82, 2.24) is 5.16 Å². The molecule has 4 nitrogen and oxygen atoms in total. The van der Waals surface area contributed by atoms with E-state index < -0.39 is 5.82 Å². The highest BCUT2D eigenvalue weighted by Crippen LogP contribution is 2.33. The maximum atomic E-state index is 13.7. The van der Waals surface area contributed by atoms with Crippen LogP contribution in [0.4, 0.5) is 10.2 Å². The van der Waals surface area contributed by atoms with E-state index in [1.54, 1.807) is 6.92 Å². The fraction of sp³-hybridized carbons (Fsp3) is 0.100. The number of nitrogen functional groups attached to an aromatic ring is 1. The van der Waals surface area contributed by atoms with Gasteiger partial charge in [-0.3, -0.25) is 0 Å². The standard InChI is InChI=1S/C10H9FN2O2/c1-5-2-3-6(14)9(10(5)11)7-4-8(12)13-15-7/h2-4,14H,1H3,(H2,12,13). The summed E-state index contributed by atoms with van der Waals surface area (Å²) in [5.74, 6) is -0.475. The van der Waals surface area contributed by atoms with Crippen LogP contribution in [0.15, 0.2) is 22.7 Å². The van der Waals surface area contributed by atoms with Crippen LogP contribution in [0.1, 0.15) is 5.56 Å². The second-order valence-electron chi connectivity index (χ2n) is 3.21. The Morgan fingerprint density at radius 2 is 2.20 bits per heavy atom. The van der Waals surface area contributed by atoms with Crippen LogP contribution < -0.4 is 5.73 Å². The SMILES string of the molecule is Cc1ccc(O)c(-c2cc(N)no2)c1F. The average Bonchev–Trinajstić information content (AvgIpc) is 2.59. The van der Waals surface area contributed by atoms with Gasteiger partial charge < -0.3 is 15.4 Å². The highest BCUT2D eigenvalue weighted by atomic mass is 19.1. The van der Waals surface area contributed by atoms with E-state index in [0.29, 0.717) is 5.56 Å². The van der Waals surface area contributed by atoms with Crippen LogP contribution in [0.3, 0.4) is 0 Å². The van der Waals surface area contributed by atoms with Crippen LogP contribution in [0, 0.1) is 12.7 Å². The Morgan fingerprint density at radius 3 is 2.80 bits per heavy atom. The summed E-state index contributed by atoms with van der Waals surface area (Å²) in [6.07, 6.45) is 0. The molecule has 0 aliphatic carbocycles. The number of aromatic nitrogens is 1. The number of anilines is 1. The van der Waals surface area contributed by atoms with Crippen molar-refractivity contribution in [2.24, 2.45) is 0 Å². The molecule has 0 aliphatic heterocycles. The normalized spacial score (nSPS) is 10.5. The predicted molar refractivity (Wildman–Crippen MR) is 52.7 cm³/mol. The quantitative estimate of drug-likeness (QED) is 0.752. The number of hydrogen-bond donors (Lipinski definition) is 2. The van der Waals surface area contributed by atoms with Crippen molar-refractivity contribution in [2.45, 2.75) is 6.92 Å². The van der Waals surface area contributed by atoms with Crippen LogP contribution in [-0.2, 0) is 0 Å². The molecule has 2 aromatic rings. The molecule has 15 heavy (non-hydrogen) atoms. The number of phenolic OH excluding ortho intramolecular Hbond substituents is 1. The number of nitrogens with two attached hydrogens (primary N) is 1. The first kappa shape index (κ1) is 9.51. The molecule has 0 saturated carbocycles. The van der Waals surface area contributed by atoms with E-state index in [4.69, 9.17) is 10.3 Å². The van der Waals surface area contributed by atoms with Crippen LogP contribution in [-0.4, -0.2) is 10.3 Å². The summed E-state index contributed by atoms with van der Waals surface area (Å²) in [4.78, 5) is 0. The molecule has 0 spiro atoms. The Labute approximate surface area is 85.1 Å². The molecule has 1 aromatic carbocycles. The van der Waals surface area contributed by atoms with Crippen LogP contribution in [0.25, 0.3) is 11.3 Å². The third-order valence-corrected chi connectivity index (χ3v) is 2.09. The zero-order chi connectivity index (χ0) is 11.0. The van der Waals surface area contributed by atoms with Gasteiger partial charge in [-0.05, 0) is 18.6 Å². The molecule has 0 aliphatic rings. The van der Waals surface area contributed by atoms with Gasteiger partial charge in [-0.2, -0.15) is 0 Å². The molecule has 5 heteroatoms. The molecule has 0 atom stereocenters. The van der Waals surface area contributed by atoms with E-state index >= 15 is 0 Å². The molecule has 0 bridgehead atoms. The lowest BCUT2D eigenvalue weighted by atomic mass is 10.1. The van der Waals surface area contributed by atoms with Gasteiger partial charge in [0.15, 0.2) is 11.6 Å². The molecular formula is C10H9FN2O2. The van der Waals surface area contributed by atoms with Gasteiger partial charge in [-0.25, -0.2) is 4.39 Å². The minimum Gasteiger partial charge on any atom is -0.507 e. The first-order valence-corrected chi connectivity index (χ1v) is 4.30. The van der Waals surface area contributed by atoms with Gasteiger partial charge in [-0.15, -0.1) is 0 Å². The molecule has 0 amide bonds. The first-order chi connectivity index (χ1) is 7.09. The highest BCUT2D eigenvalue weighted by molar-refractivity contribution is 5.68. The van der Waals surface area contributed by atoms with Crippen molar-refractivity contribution in [3.05, 3.63) is 29.6 Å². The zero-order valence-corrected chi connectivity index (χ0v) is 7.99. The fourth-order valence-electron chi connectivity index (χ4n) is 1.31. The molecular weight excluding hydrogens is 199 g/mol. The van der Waals surface area contributed by atoms with Crippen molar-refractivity contribution in [3.63, 3.8) is 0 Å². The molecule has 1 aromatic heterocycles. The molecule has 0 unspecified atom stereocenters. The van der Waals surface area contributed by atoms with E-state index in [9.17, 15) is 9.50 Å². The first-order valence-electron chi connectivity index (χ1n) is 4.30. The molecule has 1 heterocycles. The third kappa shape index (κ3) is 1.52.